The van der Waals surface area contributed by atoms with Gasteiger partial charge in [0.1, 0.15) is 5.82 Å². The van der Waals surface area contributed by atoms with E-state index in [4.69, 9.17) is 0 Å². The highest BCUT2D eigenvalue weighted by molar-refractivity contribution is 7.89. The summed E-state index contributed by atoms with van der Waals surface area (Å²) in [5.74, 6) is 0.846. The van der Waals surface area contributed by atoms with Gasteiger partial charge in [0.05, 0.1) is 10.4 Å². The van der Waals surface area contributed by atoms with Crippen molar-refractivity contribution in [1.29, 1.82) is 0 Å². The lowest BCUT2D eigenvalue weighted by atomic mass is 10.1. The van der Waals surface area contributed by atoms with Gasteiger partial charge in [-0.25, -0.2) is 18.1 Å². The Bertz CT molecular complexity index is 1120. The maximum Gasteiger partial charge on any atom is 0.241 e. The van der Waals surface area contributed by atoms with Crippen LogP contribution in [0.4, 0.5) is 5.82 Å². The first kappa shape index (κ1) is 19.8. The van der Waals surface area contributed by atoms with Gasteiger partial charge in [-0.1, -0.05) is 12.1 Å². The zero-order chi connectivity index (χ0) is 20.4. The molecule has 3 heterocycles. The monoisotopic (exact) mass is 411 g/mol. The van der Waals surface area contributed by atoms with Gasteiger partial charge in [-0.2, -0.15) is 0 Å². The number of nitrogens with zero attached hydrogens (tertiary/aromatic N) is 4. The van der Waals surface area contributed by atoms with Crippen LogP contribution in [0.5, 0.6) is 0 Å². The molecule has 0 bridgehead atoms. The average Bonchev–Trinajstić information content (AvgIpc) is 2.73. The van der Waals surface area contributed by atoms with Gasteiger partial charge >= 0.3 is 0 Å². The van der Waals surface area contributed by atoms with Crippen LogP contribution in [0.25, 0.3) is 10.9 Å². The molecular formula is C21H25N5O2S. The van der Waals surface area contributed by atoms with E-state index in [1.165, 1.54) is 0 Å². The van der Waals surface area contributed by atoms with Crippen molar-refractivity contribution in [3.05, 3.63) is 59.9 Å². The SMILES string of the molecule is Cc1ccc(S(=O)(=O)NCc2cccnc2N2CCN(C)CC2)c2cccnc12. The van der Waals surface area contributed by atoms with E-state index >= 15 is 0 Å². The number of aryl methyl sites for hydroxylation is 1. The smallest absolute Gasteiger partial charge is 0.241 e. The van der Waals surface area contributed by atoms with Crippen molar-refractivity contribution in [2.45, 2.75) is 18.4 Å². The number of hydrogen-bond acceptors (Lipinski definition) is 6. The quantitative estimate of drug-likeness (QED) is 0.693. The molecule has 1 fully saturated rings. The predicted molar refractivity (Wildman–Crippen MR) is 114 cm³/mol. The fourth-order valence-corrected chi connectivity index (χ4v) is 4.85. The molecule has 2 aromatic heterocycles. The first-order valence-corrected chi connectivity index (χ1v) is 11.2. The highest BCUT2D eigenvalue weighted by Crippen LogP contribution is 2.25. The van der Waals surface area contributed by atoms with Gasteiger partial charge in [-0.3, -0.25) is 4.98 Å². The number of hydrogen-bond donors (Lipinski definition) is 1. The molecule has 0 unspecified atom stereocenters. The minimum absolute atomic E-state index is 0.188. The molecule has 0 spiro atoms. The maximum absolute atomic E-state index is 13.1. The molecule has 0 amide bonds. The lowest BCUT2D eigenvalue weighted by Crippen LogP contribution is -2.45. The van der Waals surface area contributed by atoms with E-state index in [2.05, 4.69) is 31.5 Å². The fourth-order valence-electron chi connectivity index (χ4n) is 3.64. The van der Waals surface area contributed by atoms with Crippen LogP contribution in [0, 0.1) is 6.92 Å². The van der Waals surface area contributed by atoms with Gasteiger partial charge in [0, 0.05) is 56.1 Å². The zero-order valence-electron chi connectivity index (χ0n) is 16.7. The molecule has 0 atom stereocenters. The van der Waals surface area contributed by atoms with Gasteiger partial charge in [-0.15, -0.1) is 0 Å². The Kier molecular flexibility index (Phi) is 5.49. The number of piperazine rings is 1. The second kappa shape index (κ2) is 8.06. The number of fused-ring (bicyclic) bond motifs is 1. The van der Waals surface area contributed by atoms with E-state index in [1.807, 2.05) is 19.1 Å². The average molecular weight is 412 g/mol. The molecule has 0 radical (unpaired) electrons. The molecular weight excluding hydrogens is 386 g/mol. The molecule has 1 aromatic carbocycles. The minimum Gasteiger partial charge on any atom is -0.354 e. The number of nitrogens with one attached hydrogen (secondary N) is 1. The van der Waals surface area contributed by atoms with E-state index in [-0.39, 0.29) is 11.4 Å². The van der Waals surface area contributed by atoms with Crippen LogP contribution < -0.4 is 9.62 Å². The summed E-state index contributed by atoms with van der Waals surface area (Å²) in [7, 11) is -1.60. The molecule has 0 saturated carbocycles. The summed E-state index contributed by atoms with van der Waals surface area (Å²) < 4.78 is 28.9. The maximum atomic E-state index is 13.1. The van der Waals surface area contributed by atoms with E-state index in [0.717, 1.165) is 43.1 Å². The third-order valence-corrected chi connectivity index (χ3v) is 6.80. The van der Waals surface area contributed by atoms with E-state index in [1.54, 1.807) is 36.7 Å². The molecule has 0 aliphatic carbocycles. The highest BCUT2D eigenvalue weighted by Gasteiger charge is 2.21. The Balaban J connectivity index is 1.59. The zero-order valence-corrected chi connectivity index (χ0v) is 17.5. The van der Waals surface area contributed by atoms with Gasteiger partial charge < -0.3 is 9.80 Å². The molecule has 29 heavy (non-hydrogen) atoms. The van der Waals surface area contributed by atoms with E-state index in [9.17, 15) is 8.42 Å². The minimum atomic E-state index is -3.70. The number of benzene rings is 1. The standard InChI is InChI=1S/C21H25N5O2S/c1-16-7-8-19(18-6-4-9-22-20(16)18)29(27,28)24-15-17-5-3-10-23-21(17)26-13-11-25(2)12-14-26/h3-10,24H,11-15H2,1-2H3. The van der Waals surface area contributed by atoms with Crippen molar-refractivity contribution in [2.24, 2.45) is 0 Å². The van der Waals surface area contributed by atoms with Crippen molar-refractivity contribution in [3.63, 3.8) is 0 Å². The van der Waals surface area contributed by atoms with Crippen LogP contribution in [0.1, 0.15) is 11.1 Å². The summed E-state index contributed by atoms with van der Waals surface area (Å²) >= 11 is 0. The summed E-state index contributed by atoms with van der Waals surface area (Å²) in [6.45, 7) is 5.79. The van der Waals surface area contributed by atoms with Gasteiger partial charge in [0.2, 0.25) is 10.0 Å². The molecule has 3 aromatic rings. The second-order valence-corrected chi connectivity index (χ2v) is 9.12. The second-order valence-electron chi connectivity index (χ2n) is 7.38. The van der Waals surface area contributed by atoms with Crippen LogP contribution in [-0.2, 0) is 16.6 Å². The number of likely N-dealkylation sites (N-methyl/N-ethyl adjacent to an activating group) is 1. The molecule has 1 aliphatic rings. The Labute approximate surface area is 171 Å². The van der Waals surface area contributed by atoms with Crippen LogP contribution in [-0.4, -0.2) is 56.5 Å². The Morgan fingerprint density at radius 2 is 1.72 bits per heavy atom. The highest BCUT2D eigenvalue weighted by atomic mass is 32.2. The summed E-state index contributed by atoms with van der Waals surface area (Å²) in [5, 5.41) is 0.630. The molecule has 4 rings (SSSR count). The van der Waals surface area contributed by atoms with Crippen molar-refractivity contribution in [2.75, 3.05) is 38.1 Å². The summed E-state index contributed by atoms with van der Waals surface area (Å²) in [4.78, 5) is 13.6. The lowest BCUT2D eigenvalue weighted by molar-refractivity contribution is 0.312. The van der Waals surface area contributed by atoms with E-state index in [0.29, 0.717) is 10.9 Å². The summed E-state index contributed by atoms with van der Waals surface area (Å²) in [6, 6.07) is 10.8. The molecule has 152 valence electrons. The topological polar surface area (TPSA) is 78.4 Å². The van der Waals surface area contributed by atoms with Crippen molar-refractivity contribution in [3.8, 4) is 0 Å². The van der Waals surface area contributed by atoms with E-state index < -0.39 is 10.0 Å². The molecule has 1 N–H and O–H groups in total. The Hall–Kier alpha value is -2.55. The normalized spacial score (nSPS) is 15.7. The molecule has 7 nitrogen and oxygen atoms in total. The van der Waals surface area contributed by atoms with Crippen molar-refractivity contribution < 1.29 is 8.42 Å². The summed E-state index contributed by atoms with van der Waals surface area (Å²) in [6.07, 6.45) is 3.43. The predicted octanol–water partition coefficient (Wildman–Crippen LogP) is 2.17. The Morgan fingerprint density at radius 3 is 2.52 bits per heavy atom. The van der Waals surface area contributed by atoms with Crippen LogP contribution >= 0.6 is 0 Å². The first-order chi connectivity index (χ1) is 14.0. The molecule has 8 heteroatoms. The van der Waals surface area contributed by atoms with Crippen molar-refractivity contribution >= 4 is 26.7 Å². The van der Waals surface area contributed by atoms with Gasteiger partial charge in [0.15, 0.2) is 0 Å². The third-order valence-electron chi connectivity index (χ3n) is 5.34. The lowest BCUT2D eigenvalue weighted by Gasteiger charge is -2.34. The Morgan fingerprint density at radius 1 is 1.00 bits per heavy atom. The van der Waals surface area contributed by atoms with Crippen molar-refractivity contribution in [1.82, 2.24) is 19.6 Å². The van der Waals surface area contributed by atoms with Crippen LogP contribution in [0.15, 0.2) is 53.7 Å². The third kappa shape index (κ3) is 4.10. The fraction of sp³-hybridized carbons (Fsp3) is 0.333. The number of pyridine rings is 2. The first-order valence-electron chi connectivity index (χ1n) is 9.67. The number of aromatic nitrogens is 2. The van der Waals surface area contributed by atoms with Gasteiger partial charge in [-0.05, 0) is 43.8 Å². The number of rotatable bonds is 5. The van der Waals surface area contributed by atoms with Crippen LogP contribution in [0.3, 0.4) is 0 Å². The van der Waals surface area contributed by atoms with Gasteiger partial charge in [0.25, 0.3) is 0 Å². The molecule has 1 aliphatic heterocycles. The molecule has 1 saturated heterocycles. The summed E-state index contributed by atoms with van der Waals surface area (Å²) in [5.41, 5.74) is 2.52. The number of anilines is 1. The largest absolute Gasteiger partial charge is 0.354 e. The number of sulfonamides is 1. The van der Waals surface area contributed by atoms with Crippen LogP contribution in [0.2, 0.25) is 0 Å².